The van der Waals surface area contributed by atoms with Crippen LogP contribution in [0.4, 0.5) is 0 Å². The smallest absolute Gasteiger partial charge is 0.309 e. The molecule has 0 radical (unpaired) electrons. The maximum atomic E-state index is 12.8. The van der Waals surface area contributed by atoms with Gasteiger partial charge in [0.25, 0.3) is 0 Å². The van der Waals surface area contributed by atoms with Gasteiger partial charge < -0.3 is 9.47 Å². The third-order valence-corrected chi connectivity index (χ3v) is 11.0. The van der Waals surface area contributed by atoms with Gasteiger partial charge in [-0.1, -0.05) is 27.7 Å². The predicted octanol–water partition coefficient (Wildman–Crippen LogP) is 4.08. The van der Waals surface area contributed by atoms with Gasteiger partial charge in [0.2, 0.25) is 0 Å². The first-order valence-corrected chi connectivity index (χ1v) is 12.8. The van der Waals surface area contributed by atoms with Crippen molar-refractivity contribution >= 4 is 36.3 Å². The van der Waals surface area contributed by atoms with Crippen LogP contribution in [0.1, 0.15) is 47.0 Å². The van der Waals surface area contributed by atoms with Crippen LogP contribution in [0.3, 0.4) is 0 Å². The molecule has 1 heterocycles. The molecule has 1 aliphatic heterocycles. The summed E-state index contributed by atoms with van der Waals surface area (Å²) < 4.78 is 11.5. The van der Waals surface area contributed by atoms with Crippen LogP contribution in [0, 0.1) is 52.8 Å². The second kappa shape index (κ2) is 7.08. The molecule has 0 aromatic rings. The van der Waals surface area contributed by atoms with Gasteiger partial charge in [-0.05, 0) is 54.8 Å². The van der Waals surface area contributed by atoms with Crippen LogP contribution in [-0.4, -0.2) is 40.9 Å². The van der Waals surface area contributed by atoms with Gasteiger partial charge in [0.1, 0.15) is 0 Å². The molecule has 4 bridgehead atoms. The molecular formula is C23H34O4S2. The Morgan fingerprint density at radius 1 is 0.897 bits per heavy atom. The summed E-state index contributed by atoms with van der Waals surface area (Å²) in [6.07, 6.45) is 3.44. The molecule has 5 fully saturated rings. The van der Waals surface area contributed by atoms with Gasteiger partial charge in [0.15, 0.2) is 0 Å². The van der Waals surface area contributed by atoms with E-state index >= 15 is 0 Å². The number of carbonyl (C=O) groups excluding carboxylic acids is 2. The quantitative estimate of drug-likeness (QED) is 0.385. The zero-order chi connectivity index (χ0) is 20.7. The molecule has 29 heavy (non-hydrogen) atoms. The second-order valence-electron chi connectivity index (χ2n) is 11.2. The topological polar surface area (TPSA) is 52.6 Å². The van der Waals surface area contributed by atoms with E-state index in [9.17, 15) is 9.59 Å². The molecule has 5 aliphatic rings. The number of carbonyl (C=O) groups is 2. The highest BCUT2D eigenvalue weighted by molar-refractivity contribution is 8.07. The van der Waals surface area contributed by atoms with E-state index in [2.05, 4.69) is 38.2 Å². The predicted molar refractivity (Wildman–Crippen MR) is 117 cm³/mol. The minimum atomic E-state index is -0.371. The SMILES string of the molecule is CC1C2CC(S)C(C2)C1C(=O)OCC(C)(C)COC(=O)C1C(C)C2CC1C1SC21. The molecular weight excluding hydrogens is 404 g/mol. The molecule has 6 heteroatoms. The standard InChI is InChI=1S/C23H34O4S2/c1-10-12-5-14(16(28)6-12)17(10)21(24)26-8-23(3,4)9-27-22(25)18-11(2)13-7-15(18)20-19(13)29-20/h10-20,28H,5-9H2,1-4H3. The van der Waals surface area contributed by atoms with Gasteiger partial charge in [-0.15, -0.1) is 0 Å². The third-order valence-electron chi connectivity index (χ3n) is 8.79. The normalized spacial score (nSPS) is 49.2. The van der Waals surface area contributed by atoms with Crippen molar-refractivity contribution in [3.05, 3.63) is 0 Å². The maximum Gasteiger partial charge on any atom is 0.309 e. The Bertz CT molecular complexity index is 681. The van der Waals surface area contributed by atoms with Gasteiger partial charge in [-0.2, -0.15) is 24.4 Å². The average Bonchev–Trinajstić information content (AvgIpc) is 2.91. The first-order chi connectivity index (χ1) is 13.7. The molecule has 5 rings (SSSR count). The summed E-state index contributed by atoms with van der Waals surface area (Å²) in [6, 6.07) is 0. The summed E-state index contributed by atoms with van der Waals surface area (Å²) >= 11 is 6.75. The highest BCUT2D eigenvalue weighted by atomic mass is 32.2. The third kappa shape index (κ3) is 3.35. The fourth-order valence-corrected chi connectivity index (χ4v) is 9.36. The van der Waals surface area contributed by atoms with Crippen molar-refractivity contribution < 1.29 is 19.1 Å². The highest BCUT2D eigenvalue weighted by Gasteiger charge is 2.67. The second-order valence-corrected chi connectivity index (χ2v) is 13.3. The molecule has 0 amide bonds. The Morgan fingerprint density at radius 2 is 1.48 bits per heavy atom. The zero-order valence-corrected chi connectivity index (χ0v) is 19.6. The molecule has 0 spiro atoms. The van der Waals surface area contributed by atoms with E-state index in [-0.39, 0.29) is 29.2 Å². The van der Waals surface area contributed by atoms with Gasteiger partial charge in [-0.25, -0.2) is 0 Å². The molecule has 0 N–H and O–H groups in total. The number of hydrogen-bond acceptors (Lipinski definition) is 6. The number of thioether (sulfide) groups is 1. The van der Waals surface area contributed by atoms with E-state index in [1.165, 1.54) is 6.42 Å². The van der Waals surface area contributed by atoms with Gasteiger partial charge >= 0.3 is 11.9 Å². The zero-order valence-electron chi connectivity index (χ0n) is 17.9. The Kier molecular flexibility index (Phi) is 5.01. The maximum absolute atomic E-state index is 12.8. The van der Waals surface area contributed by atoms with Crippen LogP contribution in [-0.2, 0) is 19.1 Å². The number of hydrogen-bond donors (Lipinski definition) is 1. The van der Waals surface area contributed by atoms with E-state index in [1.807, 2.05) is 13.8 Å². The number of rotatable bonds is 6. The van der Waals surface area contributed by atoms with E-state index < -0.39 is 0 Å². The fourth-order valence-electron chi connectivity index (χ4n) is 7.06. The number of esters is 2. The Hall–Kier alpha value is -0.360. The minimum absolute atomic E-state index is 0.0199. The summed E-state index contributed by atoms with van der Waals surface area (Å²) in [5.41, 5.74) is -0.371. The first kappa shape index (κ1) is 20.5. The molecule has 4 saturated carbocycles. The van der Waals surface area contributed by atoms with Crippen LogP contribution in [0.15, 0.2) is 0 Å². The van der Waals surface area contributed by atoms with Crippen molar-refractivity contribution in [3.8, 4) is 0 Å². The van der Waals surface area contributed by atoms with Crippen LogP contribution >= 0.6 is 24.4 Å². The number of ether oxygens (including phenoxy) is 2. The summed E-state index contributed by atoms with van der Waals surface area (Å²) in [5.74, 6) is 2.96. The summed E-state index contributed by atoms with van der Waals surface area (Å²) in [4.78, 5) is 25.6. The molecule has 11 unspecified atom stereocenters. The molecule has 11 atom stereocenters. The minimum Gasteiger partial charge on any atom is -0.465 e. The molecule has 4 nitrogen and oxygen atoms in total. The largest absolute Gasteiger partial charge is 0.465 e. The van der Waals surface area contributed by atoms with Crippen molar-refractivity contribution in [1.82, 2.24) is 0 Å². The Labute approximate surface area is 184 Å². The monoisotopic (exact) mass is 438 g/mol. The van der Waals surface area contributed by atoms with E-state index in [0.717, 1.165) is 18.1 Å². The average molecular weight is 439 g/mol. The van der Waals surface area contributed by atoms with Gasteiger partial charge in [-0.3, -0.25) is 9.59 Å². The Morgan fingerprint density at radius 3 is 2.07 bits per heavy atom. The molecule has 162 valence electrons. The molecule has 4 aliphatic carbocycles. The van der Waals surface area contributed by atoms with Crippen LogP contribution in [0.2, 0.25) is 0 Å². The van der Waals surface area contributed by atoms with Crippen molar-refractivity contribution in [2.75, 3.05) is 13.2 Å². The lowest BCUT2D eigenvalue weighted by atomic mass is 9.80. The molecule has 1 saturated heterocycles. The van der Waals surface area contributed by atoms with E-state index in [4.69, 9.17) is 9.47 Å². The van der Waals surface area contributed by atoms with Crippen molar-refractivity contribution in [3.63, 3.8) is 0 Å². The van der Waals surface area contributed by atoms with Crippen molar-refractivity contribution in [2.24, 2.45) is 52.8 Å². The highest BCUT2D eigenvalue weighted by Crippen LogP contribution is 2.69. The van der Waals surface area contributed by atoms with Crippen molar-refractivity contribution in [2.45, 2.75) is 62.7 Å². The van der Waals surface area contributed by atoms with Crippen LogP contribution in [0.5, 0.6) is 0 Å². The Balaban J connectivity index is 1.11. The summed E-state index contributed by atoms with van der Waals surface area (Å²) in [6.45, 7) is 9.03. The van der Waals surface area contributed by atoms with Crippen LogP contribution < -0.4 is 0 Å². The fraction of sp³-hybridized carbons (Fsp3) is 0.913. The lowest BCUT2D eigenvalue weighted by molar-refractivity contribution is -0.161. The van der Waals surface area contributed by atoms with Gasteiger partial charge in [0.05, 0.1) is 25.0 Å². The first-order valence-electron chi connectivity index (χ1n) is 11.3. The summed E-state index contributed by atoms with van der Waals surface area (Å²) in [5, 5.41) is 1.86. The number of thiol groups is 1. The van der Waals surface area contributed by atoms with E-state index in [0.29, 0.717) is 59.2 Å². The molecule has 0 aromatic carbocycles. The van der Waals surface area contributed by atoms with Crippen LogP contribution in [0.25, 0.3) is 0 Å². The van der Waals surface area contributed by atoms with Gasteiger partial charge in [0, 0.05) is 21.2 Å². The van der Waals surface area contributed by atoms with Crippen molar-refractivity contribution in [1.29, 1.82) is 0 Å². The lowest BCUT2D eigenvalue weighted by Crippen LogP contribution is -2.38. The lowest BCUT2D eigenvalue weighted by Gasteiger charge is -2.32. The summed E-state index contributed by atoms with van der Waals surface area (Å²) in [7, 11) is 0. The van der Waals surface area contributed by atoms with E-state index in [1.54, 1.807) is 0 Å². The molecule has 0 aromatic heterocycles. The number of fused-ring (bicyclic) bond motifs is 7.